The van der Waals surface area contributed by atoms with Gasteiger partial charge in [0.05, 0.1) is 11.4 Å². The summed E-state index contributed by atoms with van der Waals surface area (Å²) in [6.45, 7) is 5.57. The maximum atomic E-state index is 12.0. The third-order valence-electron chi connectivity index (χ3n) is 4.83. The molecule has 1 unspecified atom stereocenters. The number of nitrogens with one attached hydrogen (secondary N) is 1. The number of para-hydroxylation sites is 2. The minimum atomic E-state index is 0.258. The normalized spacial score (nSPS) is 25.1. The van der Waals surface area contributed by atoms with E-state index in [0.717, 1.165) is 24.3 Å². The second-order valence-electron chi connectivity index (χ2n) is 7.27. The molecule has 1 aromatic rings. The number of nitrogens with zero attached hydrogens (tertiary/aromatic N) is 1. The Kier molecular flexibility index (Phi) is 3.92. The van der Waals surface area contributed by atoms with E-state index in [1.54, 1.807) is 0 Å². The molecule has 0 aromatic heterocycles. The van der Waals surface area contributed by atoms with E-state index in [0.29, 0.717) is 17.9 Å². The third kappa shape index (κ3) is 3.22. The molecule has 1 heterocycles. The average Bonchev–Trinajstić information content (AvgIpc) is 2.84. The van der Waals surface area contributed by atoms with Gasteiger partial charge in [0.15, 0.2) is 0 Å². The monoisotopic (exact) mass is 286 g/mol. The van der Waals surface area contributed by atoms with E-state index >= 15 is 0 Å². The van der Waals surface area contributed by atoms with Crippen LogP contribution in [0.2, 0.25) is 0 Å². The molecule has 0 spiro atoms. The summed E-state index contributed by atoms with van der Waals surface area (Å²) in [5, 5.41) is 3.71. The molecule has 21 heavy (non-hydrogen) atoms. The second-order valence-corrected chi connectivity index (χ2v) is 7.27. The lowest BCUT2D eigenvalue weighted by Crippen LogP contribution is -2.33. The van der Waals surface area contributed by atoms with Crippen LogP contribution >= 0.6 is 0 Å². The molecule has 3 heteroatoms. The molecular weight excluding hydrogens is 260 g/mol. The summed E-state index contributed by atoms with van der Waals surface area (Å²) in [5.41, 5.74) is 2.60. The number of carbonyl (C=O) groups is 1. The Labute approximate surface area is 127 Å². The molecule has 1 amide bonds. The molecule has 1 atom stereocenters. The van der Waals surface area contributed by atoms with E-state index < -0.39 is 0 Å². The number of hydrogen-bond donors (Lipinski definition) is 1. The van der Waals surface area contributed by atoms with Gasteiger partial charge in [0.2, 0.25) is 5.91 Å². The highest BCUT2D eigenvalue weighted by Gasteiger charge is 2.29. The van der Waals surface area contributed by atoms with Crippen molar-refractivity contribution in [2.75, 3.05) is 16.8 Å². The second kappa shape index (κ2) is 5.70. The molecule has 3 rings (SSSR count). The lowest BCUT2D eigenvalue weighted by Gasteiger charge is -2.36. The van der Waals surface area contributed by atoms with Gasteiger partial charge in [0.25, 0.3) is 0 Å². The summed E-state index contributed by atoms with van der Waals surface area (Å²) >= 11 is 0. The van der Waals surface area contributed by atoms with Gasteiger partial charge in [-0.1, -0.05) is 32.4 Å². The third-order valence-corrected chi connectivity index (χ3v) is 4.83. The number of anilines is 2. The Hall–Kier alpha value is -1.51. The quantitative estimate of drug-likeness (QED) is 0.903. The van der Waals surface area contributed by atoms with Crippen LogP contribution in [-0.2, 0) is 4.79 Å². The fourth-order valence-corrected chi connectivity index (χ4v) is 3.78. The van der Waals surface area contributed by atoms with E-state index in [1.165, 1.54) is 25.7 Å². The fourth-order valence-electron chi connectivity index (χ4n) is 3.78. The van der Waals surface area contributed by atoms with Gasteiger partial charge in [0, 0.05) is 19.0 Å². The van der Waals surface area contributed by atoms with Gasteiger partial charge in [0.1, 0.15) is 0 Å². The van der Waals surface area contributed by atoms with Crippen molar-refractivity contribution in [3.05, 3.63) is 24.3 Å². The summed E-state index contributed by atoms with van der Waals surface area (Å²) in [6.07, 6.45) is 6.70. The lowest BCUT2D eigenvalue weighted by molar-refractivity contribution is -0.117. The molecule has 3 nitrogen and oxygen atoms in total. The topological polar surface area (TPSA) is 32.3 Å². The van der Waals surface area contributed by atoms with Crippen LogP contribution in [0.1, 0.15) is 52.4 Å². The molecule has 114 valence electrons. The van der Waals surface area contributed by atoms with E-state index in [2.05, 4.69) is 37.4 Å². The summed E-state index contributed by atoms with van der Waals surface area (Å²) < 4.78 is 0. The van der Waals surface area contributed by atoms with E-state index in [1.807, 2.05) is 11.0 Å². The van der Waals surface area contributed by atoms with E-state index in [9.17, 15) is 4.79 Å². The van der Waals surface area contributed by atoms with Crippen molar-refractivity contribution < 1.29 is 4.79 Å². The molecule has 2 fully saturated rings. The van der Waals surface area contributed by atoms with Crippen molar-refractivity contribution in [3.63, 3.8) is 0 Å². The van der Waals surface area contributed by atoms with Crippen LogP contribution in [-0.4, -0.2) is 18.5 Å². The first-order chi connectivity index (χ1) is 10.1. The van der Waals surface area contributed by atoms with Gasteiger partial charge in [-0.25, -0.2) is 0 Å². The molecule has 1 aromatic carbocycles. The molecule has 1 N–H and O–H groups in total. The summed E-state index contributed by atoms with van der Waals surface area (Å²) in [7, 11) is 0. The summed E-state index contributed by atoms with van der Waals surface area (Å²) in [6, 6.07) is 8.78. The van der Waals surface area contributed by atoms with Gasteiger partial charge in [-0.05, 0) is 43.2 Å². The zero-order valence-corrected chi connectivity index (χ0v) is 13.2. The number of rotatable bonds is 3. The van der Waals surface area contributed by atoms with Gasteiger partial charge in [-0.2, -0.15) is 0 Å². The maximum absolute atomic E-state index is 12.0. The summed E-state index contributed by atoms with van der Waals surface area (Å²) in [5.74, 6) is 0.258. The zero-order chi connectivity index (χ0) is 14.9. The fraction of sp³-hybridized carbons (Fsp3) is 0.611. The minimum absolute atomic E-state index is 0.258. The Balaban J connectivity index is 1.78. The highest BCUT2D eigenvalue weighted by Crippen LogP contribution is 2.38. The van der Waals surface area contributed by atoms with Crippen LogP contribution < -0.4 is 10.2 Å². The van der Waals surface area contributed by atoms with Crippen molar-refractivity contribution >= 4 is 17.3 Å². The van der Waals surface area contributed by atoms with Crippen molar-refractivity contribution in [2.24, 2.45) is 5.41 Å². The zero-order valence-electron chi connectivity index (χ0n) is 13.2. The van der Waals surface area contributed by atoms with Gasteiger partial charge in [-0.3, -0.25) is 4.79 Å². The smallest absolute Gasteiger partial charge is 0.227 e. The molecule has 1 saturated carbocycles. The Morgan fingerprint density at radius 3 is 2.76 bits per heavy atom. The first-order valence-corrected chi connectivity index (χ1v) is 8.21. The SMILES string of the molecule is CC1(C)CCCC(Nc2ccccc2N2CCCC2=O)C1. The van der Waals surface area contributed by atoms with Crippen LogP contribution in [0.5, 0.6) is 0 Å². The first kappa shape index (κ1) is 14.4. The van der Waals surface area contributed by atoms with Crippen LogP contribution in [0.25, 0.3) is 0 Å². The molecule has 2 aliphatic rings. The van der Waals surface area contributed by atoms with Gasteiger partial charge < -0.3 is 10.2 Å². The molecule has 1 aliphatic carbocycles. The Bertz CT molecular complexity index is 524. The predicted molar refractivity (Wildman–Crippen MR) is 87.7 cm³/mol. The van der Waals surface area contributed by atoms with Crippen LogP contribution in [0.3, 0.4) is 0 Å². The van der Waals surface area contributed by atoms with Crippen LogP contribution in [0.15, 0.2) is 24.3 Å². The molecule has 1 saturated heterocycles. The number of amides is 1. The van der Waals surface area contributed by atoms with Crippen molar-refractivity contribution in [1.29, 1.82) is 0 Å². The number of benzene rings is 1. The number of hydrogen-bond acceptors (Lipinski definition) is 2. The Morgan fingerprint density at radius 1 is 1.24 bits per heavy atom. The molecule has 0 bridgehead atoms. The van der Waals surface area contributed by atoms with Gasteiger partial charge in [-0.15, -0.1) is 0 Å². The minimum Gasteiger partial charge on any atom is -0.381 e. The molecule has 1 aliphatic heterocycles. The van der Waals surface area contributed by atoms with Gasteiger partial charge >= 0.3 is 0 Å². The highest BCUT2D eigenvalue weighted by atomic mass is 16.2. The van der Waals surface area contributed by atoms with Crippen LogP contribution in [0.4, 0.5) is 11.4 Å². The average molecular weight is 286 g/mol. The summed E-state index contributed by atoms with van der Waals surface area (Å²) in [4.78, 5) is 14.0. The molecular formula is C18H26N2O. The van der Waals surface area contributed by atoms with Crippen molar-refractivity contribution in [1.82, 2.24) is 0 Å². The lowest BCUT2D eigenvalue weighted by atomic mass is 9.75. The maximum Gasteiger partial charge on any atom is 0.227 e. The molecule has 0 radical (unpaired) electrons. The van der Waals surface area contributed by atoms with Crippen LogP contribution in [0, 0.1) is 5.41 Å². The first-order valence-electron chi connectivity index (χ1n) is 8.21. The number of carbonyl (C=O) groups excluding carboxylic acids is 1. The van der Waals surface area contributed by atoms with Crippen molar-refractivity contribution in [2.45, 2.75) is 58.4 Å². The standard InChI is InChI=1S/C18H26N2O/c1-18(2)11-5-7-14(13-18)19-15-8-3-4-9-16(15)20-12-6-10-17(20)21/h3-4,8-9,14,19H,5-7,10-13H2,1-2H3. The predicted octanol–water partition coefficient (Wildman–Crippen LogP) is 4.19. The van der Waals surface area contributed by atoms with E-state index in [-0.39, 0.29) is 5.91 Å². The van der Waals surface area contributed by atoms with E-state index in [4.69, 9.17) is 0 Å². The van der Waals surface area contributed by atoms with Crippen molar-refractivity contribution in [3.8, 4) is 0 Å². The largest absolute Gasteiger partial charge is 0.381 e. The highest BCUT2D eigenvalue weighted by molar-refractivity contribution is 5.98. The Morgan fingerprint density at radius 2 is 2.05 bits per heavy atom.